The molecule has 2 aromatic heterocycles. The van der Waals surface area contributed by atoms with Gasteiger partial charge in [-0.2, -0.15) is 0 Å². The third kappa shape index (κ3) is 1.25. The van der Waals surface area contributed by atoms with Gasteiger partial charge in [0.05, 0.1) is 0 Å². The van der Waals surface area contributed by atoms with Crippen LogP contribution in [0, 0.1) is 13.8 Å². The maximum Gasteiger partial charge on any atom is 0.191 e. The summed E-state index contributed by atoms with van der Waals surface area (Å²) in [4.78, 5) is 8.47. The monoisotopic (exact) mass is 180 g/mol. The van der Waals surface area contributed by atoms with E-state index in [0.29, 0.717) is 5.89 Å². The van der Waals surface area contributed by atoms with E-state index in [9.17, 15) is 0 Å². The molecular weight excluding hydrogens is 172 g/mol. The van der Waals surface area contributed by atoms with E-state index >= 15 is 0 Å². The molecule has 3 nitrogen and oxygen atoms in total. The molecule has 0 radical (unpaired) electrons. The first-order valence-electron chi connectivity index (χ1n) is 3.60. The highest BCUT2D eigenvalue weighted by molar-refractivity contribution is 7.13. The molecule has 0 fully saturated rings. The predicted molar refractivity (Wildman–Crippen MR) is 47.1 cm³/mol. The lowest BCUT2D eigenvalue weighted by molar-refractivity contribution is 0.521. The van der Waals surface area contributed by atoms with Crippen LogP contribution in [0.25, 0.3) is 10.7 Å². The van der Waals surface area contributed by atoms with E-state index in [-0.39, 0.29) is 0 Å². The lowest BCUT2D eigenvalue weighted by Gasteiger charge is -1.82. The molecule has 4 heteroatoms. The van der Waals surface area contributed by atoms with Gasteiger partial charge in [0.15, 0.2) is 5.89 Å². The molecular formula is C8H8N2OS. The van der Waals surface area contributed by atoms with Crippen molar-refractivity contribution in [3.05, 3.63) is 23.2 Å². The maximum atomic E-state index is 5.08. The number of aromatic nitrogens is 2. The van der Waals surface area contributed by atoms with Crippen LogP contribution in [0.15, 0.2) is 16.1 Å². The van der Waals surface area contributed by atoms with Crippen LogP contribution in [0.2, 0.25) is 0 Å². The van der Waals surface area contributed by atoms with Crippen LogP contribution >= 0.6 is 11.3 Å². The fraction of sp³-hybridized carbons (Fsp3) is 0.250. The topological polar surface area (TPSA) is 38.9 Å². The van der Waals surface area contributed by atoms with Gasteiger partial charge in [0.25, 0.3) is 0 Å². The zero-order valence-electron chi connectivity index (χ0n) is 6.87. The van der Waals surface area contributed by atoms with Crippen LogP contribution < -0.4 is 0 Å². The Labute approximate surface area is 74.1 Å². The molecule has 0 saturated heterocycles. The van der Waals surface area contributed by atoms with E-state index < -0.39 is 0 Å². The molecule has 2 aromatic rings. The van der Waals surface area contributed by atoms with Gasteiger partial charge < -0.3 is 4.42 Å². The molecule has 0 saturated carbocycles. The number of oxazole rings is 1. The Morgan fingerprint density at radius 2 is 2.17 bits per heavy atom. The second-order valence-electron chi connectivity index (χ2n) is 2.55. The first-order valence-corrected chi connectivity index (χ1v) is 4.48. The lowest BCUT2D eigenvalue weighted by atomic mass is 10.5. The van der Waals surface area contributed by atoms with E-state index in [1.54, 1.807) is 17.6 Å². The standard InChI is InChI=1S/C8H8N2OS/c1-5-4-12-8(9-5)7-3-11-6(2)10-7/h3-4H,1-2H3. The van der Waals surface area contributed by atoms with Gasteiger partial charge in [-0.25, -0.2) is 9.97 Å². The fourth-order valence-corrected chi connectivity index (χ4v) is 1.68. The summed E-state index contributed by atoms with van der Waals surface area (Å²) in [5.41, 5.74) is 1.85. The Kier molecular flexibility index (Phi) is 1.69. The van der Waals surface area contributed by atoms with Crippen LogP contribution in [0.3, 0.4) is 0 Å². The van der Waals surface area contributed by atoms with Crippen molar-refractivity contribution in [3.8, 4) is 10.7 Å². The molecule has 0 bridgehead atoms. The normalized spacial score (nSPS) is 10.5. The predicted octanol–water partition coefficient (Wildman–Crippen LogP) is 2.41. The fourth-order valence-electron chi connectivity index (χ4n) is 0.933. The van der Waals surface area contributed by atoms with Crippen LogP contribution in [0.1, 0.15) is 11.6 Å². The average molecular weight is 180 g/mol. The highest BCUT2D eigenvalue weighted by atomic mass is 32.1. The van der Waals surface area contributed by atoms with Gasteiger partial charge in [0, 0.05) is 18.0 Å². The second kappa shape index (κ2) is 2.71. The van der Waals surface area contributed by atoms with Crippen molar-refractivity contribution in [1.82, 2.24) is 9.97 Å². The summed E-state index contributed by atoms with van der Waals surface area (Å²) in [5.74, 6) is 0.679. The van der Waals surface area contributed by atoms with Crippen molar-refractivity contribution in [2.24, 2.45) is 0 Å². The lowest BCUT2D eigenvalue weighted by Crippen LogP contribution is -1.76. The third-order valence-electron chi connectivity index (χ3n) is 1.46. The SMILES string of the molecule is Cc1csc(-c2coc(C)n2)n1. The average Bonchev–Trinajstić information content (AvgIpc) is 2.58. The molecule has 0 atom stereocenters. The van der Waals surface area contributed by atoms with Crippen LogP contribution in [0.4, 0.5) is 0 Å². The molecule has 0 aliphatic carbocycles. The minimum absolute atomic E-state index is 0.679. The van der Waals surface area contributed by atoms with Gasteiger partial charge in [-0.1, -0.05) is 0 Å². The molecule has 0 N–H and O–H groups in total. The van der Waals surface area contributed by atoms with Crippen molar-refractivity contribution in [2.45, 2.75) is 13.8 Å². The number of nitrogens with zero attached hydrogens (tertiary/aromatic N) is 2. The minimum atomic E-state index is 0.679. The first-order chi connectivity index (χ1) is 5.75. The zero-order chi connectivity index (χ0) is 8.55. The molecule has 2 heterocycles. The Hall–Kier alpha value is -1.16. The van der Waals surface area contributed by atoms with E-state index in [0.717, 1.165) is 16.4 Å². The second-order valence-corrected chi connectivity index (χ2v) is 3.40. The molecule has 0 aliphatic rings. The summed E-state index contributed by atoms with van der Waals surface area (Å²) >= 11 is 1.58. The van der Waals surface area contributed by atoms with Gasteiger partial charge in [0.1, 0.15) is 17.0 Å². The van der Waals surface area contributed by atoms with Crippen LogP contribution in [-0.2, 0) is 0 Å². The van der Waals surface area contributed by atoms with Gasteiger partial charge in [-0.3, -0.25) is 0 Å². The van der Waals surface area contributed by atoms with Gasteiger partial charge >= 0.3 is 0 Å². The van der Waals surface area contributed by atoms with Crippen molar-refractivity contribution in [1.29, 1.82) is 0 Å². The van der Waals surface area contributed by atoms with Gasteiger partial charge in [-0.05, 0) is 6.92 Å². The van der Waals surface area contributed by atoms with Crippen LogP contribution in [-0.4, -0.2) is 9.97 Å². The quantitative estimate of drug-likeness (QED) is 0.676. The zero-order valence-corrected chi connectivity index (χ0v) is 7.68. The molecule has 2 rings (SSSR count). The number of hydrogen-bond acceptors (Lipinski definition) is 4. The van der Waals surface area contributed by atoms with Crippen LogP contribution in [0.5, 0.6) is 0 Å². The van der Waals surface area contributed by atoms with Gasteiger partial charge in [-0.15, -0.1) is 11.3 Å². The molecule has 0 amide bonds. The molecule has 0 unspecified atom stereocenters. The summed E-state index contributed by atoms with van der Waals surface area (Å²) in [6, 6.07) is 0. The van der Waals surface area contributed by atoms with E-state index in [2.05, 4.69) is 9.97 Å². The summed E-state index contributed by atoms with van der Waals surface area (Å²) in [6.45, 7) is 3.79. The largest absolute Gasteiger partial charge is 0.449 e. The number of rotatable bonds is 1. The van der Waals surface area contributed by atoms with Gasteiger partial charge in [0.2, 0.25) is 0 Å². The highest BCUT2D eigenvalue weighted by Crippen LogP contribution is 2.22. The van der Waals surface area contributed by atoms with E-state index in [1.807, 2.05) is 19.2 Å². The molecule has 0 aromatic carbocycles. The molecule has 0 aliphatic heterocycles. The minimum Gasteiger partial charge on any atom is -0.449 e. The Bertz CT molecular complexity index is 353. The third-order valence-corrected chi connectivity index (χ3v) is 2.44. The highest BCUT2D eigenvalue weighted by Gasteiger charge is 2.06. The first kappa shape index (κ1) is 7.49. The summed E-state index contributed by atoms with van der Waals surface area (Å²) in [6.07, 6.45) is 1.63. The number of thiazole rings is 1. The maximum absolute atomic E-state index is 5.08. The summed E-state index contributed by atoms with van der Waals surface area (Å²) in [7, 11) is 0. The van der Waals surface area contributed by atoms with Crippen molar-refractivity contribution >= 4 is 11.3 Å². The number of hydrogen-bond donors (Lipinski definition) is 0. The molecule has 12 heavy (non-hydrogen) atoms. The molecule has 0 spiro atoms. The molecule has 62 valence electrons. The van der Waals surface area contributed by atoms with Crippen molar-refractivity contribution in [2.75, 3.05) is 0 Å². The Morgan fingerprint density at radius 1 is 1.33 bits per heavy atom. The summed E-state index contributed by atoms with van der Waals surface area (Å²) in [5, 5.41) is 2.92. The van der Waals surface area contributed by atoms with Crippen molar-refractivity contribution < 1.29 is 4.42 Å². The smallest absolute Gasteiger partial charge is 0.191 e. The van der Waals surface area contributed by atoms with Crippen molar-refractivity contribution in [3.63, 3.8) is 0 Å². The van der Waals surface area contributed by atoms with E-state index in [1.165, 1.54) is 0 Å². The van der Waals surface area contributed by atoms with E-state index in [4.69, 9.17) is 4.42 Å². The Balaban J connectivity index is 2.43. The summed E-state index contributed by atoms with van der Waals surface area (Å²) < 4.78 is 5.08. The number of aryl methyl sites for hydroxylation is 2. The Morgan fingerprint density at radius 3 is 2.67 bits per heavy atom.